The van der Waals surface area contributed by atoms with Gasteiger partial charge < -0.3 is 15.2 Å². The Kier molecular flexibility index (Phi) is 6.89. The Bertz CT molecular complexity index is 193. The van der Waals surface area contributed by atoms with Crippen LogP contribution in [0, 0.1) is 5.92 Å². The molecule has 4 nitrogen and oxygen atoms in total. The van der Waals surface area contributed by atoms with E-state index >= 15 is 0 Å². The molecule has 0 aromatic rings. The Morgan fingerprint density at radius 3 is 2.73 bits per heavy atom. The summed E-state index contributed by atoms with van der Waals surface area (Å²) in [6.45, 7) is 4.92. The highest BCUT2D eigenvalue weighted by Gasteiger charge is 2.22. The van der Waals surface area contributed by atoms with Crippen molar-refractivity contribution in [2.45, 2.75) is 38.8 Å². The van der Waals surface area contributed by atoms with Crippen LogP contribution in [0.15, 0.2) is 0 Å². The van der Waals surface area contributed by atoms with Crippen molar-refractivity contribution in [2.24, 2.45) is 11.7 Å². The molecule has 0 radical (unpaired) electrons. The lowest BCUT2D eigenvalue weighted by Gasteiger charge is -2.16. The molecule has 0 amide bonds. The fourth-order valence-electron chi connectivity index (χ4n) is 1.32. The Morgan fingerprint density at radius 1 is 1.60 bits per heavy atom. The number of rotatable bonds is 4. The molecule has 2 N–H and O–H groups in total. The van der Waals surface area contributed by atoms with E-state index in [1.54, 1.807) is 0 Å². The molecule has 0 spiro atoms. The SMILES string of the molecule is CC(C)C(N)C(=O)OCC1CCCO1.Cl. The van der Waals surface area contributed by atoms with Crippen LogP contribution < -0.4 is 5.73 Å². The molecule has 1 rings (SSSR count). The second-order valence-electron chi connectivity index (χ2n) is 4.03. The summed E-state index contributed by atoms with van der Waals surface area (Å²) in [6, 6.07) is -0.517. The summed E-state index contributed by atoms with van der Waals surface area (Å²) in [5, 5.41) is 0. The van der Waals surface area contributed by atoms with Crippen LogP contribution in [0.5, 0.6) is 0 Å². The summed E-state index contributed by atoms with van der Waals surface area (Å²) in [4.78, 5) is 11.3. The fourth-order valence-corrected chi connectivity index (χ4v) is 1.32. The minimum absolute atomic E-state index is 0. The highest BCUT2D eigenvalue weighted by atomic mass is 35.5. The summed E-state index contributed by atoms with van der Waals surface area (Å²) in [5.74, 6) is -0.206. The number of carbonyl (C=O) groups is 1. The Labute approximate surface area is 96.9 Å². The van der Waals surface area contributed by atoms with Gasteiger partial charge in [0.25, 0.3) is 0 Å². The van der Waals surface area contributed by atoms with E-state index < -0.39 is 6.04 Å². The molecule has 90 valence electrons. The lowest BCUT2D eigenvalue weighted by atomic mass is 10.1. The lowest BCUT2D eigenvalue weighted by molar-refractivity contribution is -0.149. The molecule has 0 aromatic carbocycles. The number of ether oxygens (including phenoxy) is 2. The standard InChI is InChI=1S/C10H19NO3.ClH/c1-7(2)9(11)10(12)14-6-8-4-3-5-13-8;/h7-9H,3-6,11H2,1-2H3;1H. The normalized spacial score (nSPS) is 22.3. The van der Waals surface area contributed by atoms with Gasteiger partial charge in [-0.15, -0.1) is 12.4 Å². The second-order valence-corrected chi connectivity index (χ2v) is 4.03. The number of halogens is 1. The molecule has 5 heteroatoms. The second kappa shape index (κ2) is 7.04. The largest absolute Gasteiger partial charge is 0.462 e. The first-order valence-electron chi connectivity index (χ1n) is 5.15. The molecule has 0 aliphatic carbocycles. The first kappa shape index (κ1) is 14.7. The molecule has 1 fully saturated rings. The van der Waals surface area contributed by atoms with Gasteiger partial charge in [-0.1, -0.05) is 13.8 Å². The van der Waals surface area contributed by atoms with Crippen molar-refractivity contribution in [1.29, 1.82) is 0 Å². The molecule has 1 aliphatic rings. The first-order chi connectivity index (χ1) is 6.61. The smallest absolute Gasteiger partial charge is 0.323 e. The van der Waals surface area contributed by atoms with Gasteiger partial charge in [-0.3, -0.25) is 4.79 Å². The molecule has 1 heterocycles. The van der Waals surface area contributed by atoms with Crippen molar-refractivity contribution in [3.63, 3.8) is 0 Å². The van der Waals surface area contributed by atoms with Crippen LogP contribution in [0.1, 0.15) is 26.7 Å². The molecule has 2 unspecified atom stereocenters. The van der Waals surface area contributed by atoms with Crippen LogP contribution in [-0.4, -0.2) is 31.3 Å². The summed E-state index contributed by atoms with van der Waals surface area (Å²) in [7, 11) is 0. The van der Waals surface area contributed by atoms with Gasteiger partial charge in [0.05, 0.1) is 6.10 Å². The highest BCUT2D eigenvalue weighted by molar-refractivity contribution is 5.85. The van der Waals surface area contributed by atoms with E-state index in [-0.39, 0.29) is 30.4 Å². The molecule has 1 aliphatic heterocycles. The quantitative estimate of drug-likeness (QED) is 0.745. The summed E-state index contributed by atoms with van der Waals surface area (Å²) >= 11 is 0. The number of hydrogen-bond donors (Lipinski definition) is 1. The van der Waals surface area contributed by atoms with Crippen molar-refractivity contribution < 1.29 is 14.3 Å². The van der Waals surface area contributed by atoms with Crippen molar-refractivity contribution in [1.82, 2.24) is 0 Å². The van der Waals surface area contributed by atoms with Gasteiger partial charge in [-0.05, 0) is 18.8 Å². The van der Waals surface area contributed by atoms with Gasteiger partial charge >= 0.3 is 5.97 Å². The highest BCUT2D eigenvalue weighted by Crippen LogP contribution is 2.12. The zero-order chi connectivity index (χ0) is 10.6. The van der Waals surface area contributed by atoms with E-state index in [0.29, 0.717) is 6.61 Å². The van der Waals surface area contributed by atoms with Gasteiger partial charge in [-0.2, -0.15) is 0 Å². The minimum atomic E-state index is -0.517. The zero-order valence-corrected chi connectivity index (χ0v) is 10.1. The molecule has 0 bridgehead atoms. The van der Waals surface area contributed by atoms with E-state index in [0.717, 1.165) is 19.4 Å². The summed E-state index contributed by atoms with van der Waals surface area (Å²) in [5.41, 5.74) is 5.63. The maximum absolute atomic E-state index is 11.3. The van der Waals surface area contributed by atoms with Crippen LogP contribution >= 0.6 is 12.4 Å². The van der Waals surface area contributed by atoms with Gasteiger partial charge in [-0.25, -0.2) is 0 Å². The topological polar surface area (TPSA) is 61.6 Å². The maximum atomic E-state index is 11.3. The van der Waals surface area contributed by atoms with Crippen LogP contribution in [0.4, 0.5) is 0 Å². The van der Waals surface area contributed by atoms with E-state index in [1.165, 1.54) is 0 Å². The minimum Gasteiger partial charge on any atom is -0.462 e. The predicted octanol–water partition coefficient (Wildman–Crippen LogP) is 1.11. The molecule has 15 heavy (non-hydrogen) atoms. The van der Waals surface area contributed by atoms with Crippen molar-refractivity contribution >= 4 is 18.4 Å². The van der Waals surface area contributed by atoms with Crippen LogP contribution in [0.2, 0.25) is 0 Å². The fraction of sp³-hybridized carbons (Fsp3) is 0.900. The Morgan fingerprint density at radius 2 is 2.27 bits per heavy atom. The van der Waals surface area contributed by atoms with E-state index in [9.17, 15) is 4.79 Å². The number of nitrogens with two attached hydrogens (primary N) is 1. The van der Waals surface area contributed by atoms with Crippen LogP contribution in [-0.2, 0) is 14.3 Å². The molecule has 1 saturated heterocycles. The third-order valence-corrected chi connectivity index (χ3v) is 2.43. The van der Waals surface area contributed by atoms with Crippen LogP contribution in [0.3, 0.4) is 0 Å². The van der Waals surface area contributed by atoms with Crippen molar-refractivity contribution in [3.8, 4) is 0 Å². The molecular weight excluding hydrogens is 218 g/mol. The maximum Gasteiger partial charge on any atom is 0.323 e. The average Bonchev–Trinajstić information content (AvgIpc) is 2.65. The van der Waals surface area contributed by atoms with Crippen molar-refractivity contribution in [2.75, 3.05) is 13.2 Å². The Balaban J connectivity index is 0.00000196. The van der Waals surface area contributed by atoms with E-state index in [2.05, 4.69) is 0 Å². The number of esters is 1. The molecule has 2 atom stereocenters. The van der Waals surface area contributed by atoms with E-state index in [1.807, 2.05) is 13.8 Å². The third-order valence-electron chi connectivity index (χ3n) is 2.43. The molecule has 0 saturated carbocycles. The number of hydrogen-bond acceptors (Lipinski definition) is 4. The van der Waals surface area contributed by atoms with Gasteiger partial charge in [0.1, 0.15) is 12.6 Å². The molecular formula is C10H20ClNO3. The van der Waals surface area contributed by atoms with Crippen molar-refractivity contribution in [3.05, 3.63) is 0 Å². The van der Waals surface area contributed by atoms with Gasteiger partial charge in [0.2, 0.25) is 0 Å². The lowest BCUT2D eigenvalue weighted by Crippen LogP contribution is -2.38. The molecule has 0 aromatic heterocycles. The van der Waals surface area contributed by atoms with Crippen LogP contribution in [0.25, 0.3) is 0 Å². The zero-order valence-electron chi connectivity index (χ0n) is 9.27. The third kappa shape index (κ3) is 4.82. The summed E-state index contributed by atoms with van der Waals surface area (Å²) in [6.07, 6.45) is 2.11. The van der Waals surface area contributed by atoms with Gasteiger partial charge in [0.15, 0.2) is 0 Å². The predicted molar refractivity (Wildman–Crippen MR) is 60.0 cm³/mol. The van der Waals surface area contributed by atoms with E-state index in [4.69, 9.17) is 15.2 Å². The Hall–Kier alpha value is -0.320. The first-order valence-corrected chi connectivity index (χ1v) is 5.15. The van der Waals surface area contributed by atoms with Gasteiger partial charge in [0, 0.05) is 6.61 Å². The monoisotopic (exact) mass is 237 g/mol. The summed E-state index contributed by atoms with van der Waals surface area (Å²) < 4.78 is 10.4. The number of carbonyl (C=O) groups excluding carboxylic acids is 1. The average molecular weight is 238 g/mol.